The highest BCUT2D eigenvalue weighted by atomic mass is 19.3. The molecular formula is C18H12F3NO2. The molecule has 0 bridgehead atoms. The highest BCUT2D eigenvalue weighted by Gasteiger charge is 2.46. The molecule has 0 aliphatic rings. The summed E-state index contributed by atoms with van der Waals surface area (Å²) in [5, 5.41) is 0.239. The predicted molar refractivity (Wildman–Crippen MR) is 83.0 cm³/mol. The Morgan fingerprint density at radius 2 is 1.58 bits per heavy atom. The number of pyridine rings is 1. The van der Waals surface area contributed by atoms with Crippen molar-refractivity contribution in [3.63, 3.8) is 0 Å². The maximum absolute atomic E-state index is 14.6. The molecule has 0 amide bonds. The fourth-order valence-corrected chi connectivity index (χ4v) is 2.58. The molecule has 0 aliphatic carbocycles. The molecule has 0 fully saturated rings. The molecule has 3 aromatic rings. The zero-order valence-corrected chi connectivity index (χ0v) is 12.6. The zero-order valence-electron chi connectivity index (χ0n) is 12.6. The van der Waals surface area contributed by atoms with Gasteiger partial charge in [-0.1, -0.05) is 54.6 Å². The summed E-state index contributed by atoms with van der Waals surface area (Å²) in [6.45, 7) is 0. The summed E-state index contributed by atoms with van der Waals surface area (Å²) in [4.78, 5) is 14.8. The Morgan fingerprint density at radius 1 is 1.00 bits per heavy atom. The molecule has 1 heterocycles. The van der Waals surface area contributed by atoms with Gasteiger partial charge < -0.3 is 4.74 Å². The van der Waals surface area contributed by atoms with E-state index in [1.165, 1.54) is 18.2 Å². The largest absolute Gasteiger partial charge is 0.464 e. The monoisotopic (exact) mass is 331 g/mol. The van der Waals surface area contributed by atoms with E-state index in [-0.39, 0.29) is 16.3 Å². The van der Waals surface area contributed by atoms with Crippen LogP contribution in [0.1, 0.15) is 5.69 Å². The van der Waals surface area contributed by atoms with Crippen LogP contribution in [0.15, 0.2) is 54.6 Å². The number of halogens is 3. The minimum atomic E-state index is -4.05. The first-order valence-electron chi connectivity index (χ1n) is 7.07. The maximum Gasteiger partial charge on any atom is 0.385 e. The molecule has 0 unspecified atom stereocenters. The summed E-state index contributed by atoms with van der Waals surface area (Å²) < 4.78 is 47.3. The summed E-state index contributed by atoms with van der Waals surface area (Å²) in [6, 6.07) is 14.5. The number of alkyl halides is 2. The molecule has 1 aromatic heterocycles. The summed E-state index contributed by atoms with van der Waals surface area (Å²) in [7, 11) is 0.840. The predicted octanol–water partition coefficient (Wildman–Crippen LogP) is 4.31. The number of carbonyl (C=O) groups is 1. The van der Waals surface area contributed by atoms with Crippen molar-refractivity contribution in [3.8, 4) is 11.1 Å². The molecule has 0 aliphatic heterocycles. The number of esters is 1. The molecule has 0 atom stereocenters. The molecule has 0 N–H and O–H groups in total. The minimum absolute atomic E-state index is 0.00634. The molecule has 0 saturated heterocycles. The van der Waals surface area contributed by atoms with Gasteiger partial charge in [0.15, 0.2) is 0 Å². The van der Waals surface area contributed by atoms with Crippen LogP contribution in [0.2, 0.25) is 0 Å². The van der Waals surface area contributed by atoms with Crippen LogP contribution in [0.3, 0.4) is 0 Å². The second-order valence-electron chi connectivity index (χ2n) is 5.10. The van der Waals surface area contributed by atoms with Crippen molar-refractivity contribution in [1.82, 2.24) is 4.98 Å². The van der Waals surface area contributed by atoms with Gasteiger partial charge in [-0.3, -0.25) is 0 Å². The topological polar surface area (TPSA) is 39.2 Å². The number of hydrogen-bond donors (Lipinski definition) is 0. The standard InChI is InChI=1S/C18H12F3NO2/c1-24-17(23)18(20,21)15-13-10-6-5-9-12(13)14(16(19)22-15)11-7-3-2-4-8-11/h2-10H,1H3. The minimum Gasteiger partial charge on any atom is -0.464 e. The van der Waals surface area contributed by atoms with Crippen molar-refractivity contribution in [2.75, 3.05) is 7.11 Å². The van der Waals surface area contributed by atoms with Crippen LogP contribution in [0.4, 0.5) is 13.2 Å². The fraction of sp³-hybridized carbons (Fsp3) is 0.111. The van der Waals surface area contributed by atoms with Gasteiger partial charge in [0.05, 0.1) is 7.11 Å². The van der Waals surface area contributed by atoms with Crippen LogP contribution in [0.5, 0.6) is 0 Å². The van der Waals surface area contributed by atoms with E-state index in [2.05, 4.69) is 9.72 Å². The first-order valence-corrected chi connectivity index (χ1v) is 7.07. The van der Waals surface area contributed by atoms with Crippen LogP contribution in [0, 0.1) is 5.95 Å². The smallest absolute Gasteiger partial charge is 0.385 e. The fourth-order valence-electron chi connectivity index (χ4n) is 2.58. The van der Waals surface area contributed by atoms with Crippen molar-refractivity contribution >= 4 is 16.7 Å². The van der Waals surface area contributed by atoms with Gasteiger partial charge in [0, 0.05) is 10.9 Å². The SMILES string of the molecule is COC(=O)C(F)(F)c1nc(F)c(-c2ccccc2)c2ccccc12. The lowest BCUT2D eigenvalue weighted by Gasteiger charge is -2.17. The van der Waals surface area contributed by atoms with Crippen LogP contribution >= 0.6 is 0 Å². The third kappa shape index (κ3) is 2.50. The molecule has 0 spiro atoms. The van der Waals surface area contributed by atoms with Crippen LogP contribution in [-0.4, -0.2) is 18.1 Å². The molecule has 2 aromatic carbocycles. The molecular weight excluding hydrogens is 319 g/mol. The number of fused-ring (bicyclic) bond motifs is 1. The highest BCUT2D eigenvalue weighted by molar-refractivity contribution is 5.99. The number of nitrogens with zero attached hydrogens (tertiary/aromatic N) is 1. The Kier molecular flexibility index (Phi) is 3.97. The quantitative estimate of drug-likeness (QED) is 0.530. The lowest BCUT2D eigenvalue weighted by Crippen LogP contribution is -2.29. The van der Waals surface area contributed by atoms with Gasteiger partial charge in [0.2, 0.25) is 5.95 Å². The molecule has 0 saturated carbocycles. The number of hydrogen-bond acceptors (Lipinski definition) is 3. The van der Waals surface area contributed by atoms with Crippen molar-refractivity contribution in [1.29, 1.82) is 0 Å². The number of rotatable bonds is 3. The number of methoxy groups -OCH3 is 1. The number of ether oxygens (including phenoxy) is 1. The van der Waals surface area contributed by atoms with Crippen molar-refractivity contribution in [3.05, 3.63) is 66.2 Å². The van der Waals surface area contributed by atoms with Crippen molar-refractivity contribution in [2.45, 2.75) is 5.92 Å². The zero-order chi connectivity index (χ0) is 17.3. The lowest BCUT2D eigenvalue weighted by atomic mass is 9.97. The second kappa shape index (κ2) is 5.96. The van der Waals surface area contributed by atoms with E-state index >= 15 is 0 Å². The lowest BCUT2D eigenvalue weighted by molar-refractivity contribution is -0.170. The summed E-state index contributed by atoms with van der Waals surface area (Å²) in [6.07, 6.45) is 0. The second-order valence-corrected chi connectivity index (χ2v) is 5.10. The number of benzene rings is 2. The molecule has 122 valence electrons. The van der Waals surface area contributed by atoms with E-state index in [0.717, 1.165) is 7.11 Å². The van der Waals surface area contributed by atoms with Gasteiger partial charge in [-0.15, -0.1) is 0 Å². The Bertz CT molecular complexity index is 911. The van der Waals surface area contributed by atoms with Gasteiger partial charge in [-0.05, 0) is 10.9 Å². The van der Waals surface area contributed by atoms with Crippen molar-refractivity contribution in [2.24, 2.45) is 0 Å². The van der Waals surface area contributed by atoms with Crippen LogP contribution < -0.4 is 0 Å². The Balaban J connectivity index is 2.36. The van der Waals surface area contributed by atoms with E-state index in [4.69, 9.17) is 0 Å². The summed E-state index contributed by atoms with van der Waals surface area (Å²) >= 11 is 0. The maximum atomic E-state index is 14.6. The first kappa shape index (κ1) is 16.0. The molecule has 3 rings (SSSR count). The summed E-state index contributed by atoms with van der Waals surface area (Å²) in [5.41, 5.74) is -0.343. The van der Waals surface area contributed by atoms with Gasteiger partial charge in [-0.2, -0.15) is 13.2 Å². The molecule has 3 nitrogen and oxygen atoms in total. The van der Waals surface area contributed by atoms with E-state index in [9.17, 15) is 18.0 Å². The van der Waals surface area contributed by atoms with Gasteiger partial charge >= 0.3 is 11.9 Å². The van der Waals surface area contributed by atoms with Crippen molar-refractivity contribution < 1.29 is 22.7 Å². The number of carbonyl (C=O) groups excluding carboxylic acids is 1. The van der Waals surface area contributed by atoms with E-state index in [0.29, 0.717) is 5.56 Å². The summed E-state index contributed by atoms with van der Waals surface area (Å²) in [5.74, 6) is -6.91. The van der Waals surface area contributed by atoms with Crippen LogP contribution in [-0.2, 0) is 15.5 Å². The van der Waals surface area contributed by atoms with E-state index in [1.54, 1.807) is 36.4 Å². The molecule has 0 radical (unpaired) electrons. The van der Waals surface area contributed by atoms with E-state index in [1.807, 2.05) is 0 Å². The third-order valence-electron chi connectivity index (χ3n) is 3.67. The van der Waals surface area contributed by atoms with Crippen LogP contribution in [0.25, 0.3) is 21.9 Å². The molecule has 6 heteroatoms. The third-order valence-corrected chi connectivity index (χ3v) is 3.67. The normalized spacial score (nSPS) is 11.5. The van der Waals surface area contributed by atoms with Gasteiger partial charge in [0.25, 0.3) is 0 Å². The Morgan fingerprint density at radius 3 is 2.21 bits per heavy atom. The van der Waals surface area contributed by atoms with E-state index < -0.39 is 23.5 Å². The highest BCUT2D eigenvalue weighted by Crippen LogP contribution is 2.38. The van der Waals surface area contributed by atoms with Gasteiger partial charge in [-0.25, -0.2) is 9.78 Å². The first-order chi connectivity index (χ1) is 11.5. The average Bonchev–Trinajstić information content (AvgIpc) is 2.60. The van der Waals surface area contributed by atoms with Gasteiger partial charge in [0.1, 0.15) is 5.69 Å². The molecule has 24 heavy (non-hydrogen) atoms. The number of aromatic nitrogens is 1. The average molecular weight is 331 g/mol. The Labute approximate surface area is 135 Å². The Hall–Kier alpha value is -2.89.